The second-order valence-electron chi connectivity index (χ2n) is 7.13. The van der Waals surface area contributed by atoms with Crippen LogP contribution < -0.4 is 5.73 Å². The van der Waals surface area contributed by atoms with E-state index in [0.29, 0.717) is 28.5 Å². The highest BCUT2D eigenvalue weighted by Crippen LogP contribution is 2.26. The molecule has 1 fully saturated rings. The summed E-state index contributed by atoms with van der Waals surface area (Å²) in [5.74, 6) is 0.742. The number of aromatic nitrogens is 4. The number of amides is 1. The van der Waals surface area contributed by atoms with E-state index >= 15 is 0 Å². The first-order valence-corrected chi connectivity index (χ1v) is 10.6. The smallest absolute Gasteiger partial charge is 0.233 e. The molecule has 0 radical (unpaired) electrons. The predicted octanol–water partition coefficient (Wildman–Crippen LogP) is 3.26. The molecular weight excluding hydrogens is 372 g/mol. The van der Waals surface area contributed by atoms with Crippen LogP contribution in [-0.2, 0) is 4.79 Å². The van der Waals surface area contributed by atoms with Gasteiger partial charge in [-0.25, -0.2) is 9.38 Å². The van der Waals surface area contributed by atoms with Crippen molar-refractivity contribution in [3.63, 3.8) is 0 Å². The third-order valence-electron chi connectivity index (χ3n) is 5.30. The quantitative estimate of drug-likeness (QED) is 0.666. The predicted molar refractivity (Wildman–Crippen MR) is 111 cm³/mol. The van der Waals surface area contributed by atoms with Crippen molar-refractivity contribution in [2.24, 2.45) is 0 Å². The highest BCUT2D eigenvalue weighted by Gasteiger charge is 2.23. The summed E-state index contributed by atoms with van der Waals surface area (Å²) in [6.45, 7) is 0. The zero-order valence-electron chi connectivity index (χ0n) is 15.9. The van der Waals surface area contributed by atoms with Crippen molar-refractivity contribution < 1.29 is 4.79 Å². The number of nitrogens with zero attached hydrogens (tertiary/aromatic N) is 5. The molecule has 3 aromatic rings. The van der Waals surface area contributed by atoms with Crippen molar-refractivity contribution in [2.75, 3.05) is 18.5 Å². The Balaban J connectivity index is 1.49. The Kier molecular flexibility index (Phi) is 5.47. The number of carbonyl (C=O) groups excluding carboxylic acids is 1. The first-order valence-electron chi connectivity index (χ1n) is 9.59. The average molecular weight is 397 g/mol. The minimum atomic E-state index is 0.112. The molecule has 28 heavy (non-hydrogen) atoms. The lowest BCUT2D eigenvalue weighted by Gasteiger charge is -2.31. The van der Waals surface area contributed by atoms with Gasteiger partial charge in [-0.2, -0.15) is 0 Å². The number of hydrogen-bond acceptors (Lipinski definition) is 6. The Morgan fingerprint density at radius 1 is 1.21 bits per heavy atom. The van der Waals surface area contributed by atoms with Gasteiger partial charge in [-0.15, -0.1) is 10.2 Å². The Hall–Kier alpha value is -2.61. The van der Waals surface area contributed by atoms with Gasteiger partial charge in [0.25, 0.3) is 0 Å². The lowest BCUT2D eigenvalue weighted by Crippen LogP contribution is -2.39. The van der Waals surface area contributed by atoms with E-state index in [4.69, 9.17) is 5.73 Å². The summed E-state index contributed by atoms with van der Waals surface area (Å²) >= 11 is 1.35. The molecule has 0 saturated heterocycles. The zero-order chi connectivity index (χ0) is 19.5. The second kappa shape index (κ2) is 8.18. The lowest BCUT2D eigenvalue weighted by molar-refractivity contribution is -0.129. The van der Waals surface area contributed by atoms with Gasteiger partial charge in [-0.05, 0) is 12.8 Å². The van der Waals surface area contributed by atoms with Crippen molar-refractivity contribution in [1.82, 2.24) is 24.5 Å². The monoisotopic (exact) mass is 396 g/mol. The molecule has 2 N–H and O–H groups in total. The van der Waals surface area contributed by atoms with Gasteiger partial charge in [0.15, 0.2) is 10.8 Å². The molecule has 1 saturated carbocycles. The van der Waals surface area contributed by atoms with E-state index in [1.807, 2.05) is 48.3 Å². The van der Waals surface area contributed by atoms with E-state index in [9.17, 15) is 4.79 Å². The molecule has 146 valence electrons. The maximum atomic E-state index is 12.6. The maximum absolute atomic E-state index is 12.6. The molecule has 7 nitrogen and oxygen atoms in total. The van der Waals surface area contributed by atoms with Crippen LogP contribution in [0, 0.1) is 0 Å². The van der Waals surface area contributed by atoms with E-state index in [-0.39, 0.29) is 5.91 Å². The minimum absolute atomic E-state index is 0.112. The Bertz CT molecular complexity index is 967. The summed E-state index contributed by atoms with van der Waals surface area (Å²) in [6.07, 6.45) is 5.88. The number of nitrogens with two attached hydrogens (primary N) is 1. The highest BCUT2D eigenvalue weighted by molar-refractivity contribution is 7.99. The fraction of sp³-hybridized carbons (Fsp3) is 0.400. The largest absolute Gasteiger partial charge is 0.369 e. The summed E-state index contributed by atoms with van der Waals surface area (Å²) in [7, 11) is 1.91. The molecule has 0 aliphatic heterocycles. The number of benzene rings is 1. The lowest BCUT2D eigenvalue weighted by atomic mass is 9.94. The molecule has 0 atom stereocenters. The van der Waals surface area contributed by atoms with Crippen LogP contribution in [0.3, 0.4) is 0 Å². The van der Waals surface area contributed by atoms with Crippen LogP contribution in [0.2, 0.25) is 0 Å². The average Bonchev–Trinajstić information content (AvgIpc) is 3.16. The molecule has 1 amide bonds. The van der Waals surface area contributed by atoms with Gasteiger partial charge in [0.2, 0.25) is 11.9 Å². The summed E-state index contributed by atoms with van der Waals surface area (Å²) in [6, 6.07) is 12.0. The first kappa shape index (κ1) is 18.7. The van der Waals surface area contributed by atoms with Gasteiger partial charge in [0, 0.05) is 24.7 Å². The number of anilines is 1. The van der Waals surface area contributed by atoms with Gasteiger partial charge in [-0.1, -0.05) is 61.4 Å². The normalized spacial score (nSPS) is 15.0. The number of nitrogen functional groups attached to an aromatic ring is 1. The number of thioether (sulfide) groups is 1. The molecule has 1 aliphatic rings. The topological polar surface area (TPSA) is 89.4 Å². The molecule has 4 rings (SSSR count). The van der Waals surface area contributed by atoms with Crippen molar-refractivity contribution in [2.45, 2.75) is 43.3 Å². The van der Waals surface area contributed by atoms with Crippen LogP contribution >= 0.6 is 11.8 Å². The summed E-state index contributed by atoms with van der Waals surface area (Å²) in [5, 5.41) is 9.03. The summed E-state index contributed by atoms with van der Waals surface area (Å²) < 4.78 is 1.70. The van der Waals surface area contributed by atoms with E-state index < -0.39 is 0 Å². The summed E-state index contributed by atoms with van der Waals surface area (Å²) in [4.78, 5) is 19.0. The van der Waals surface area contributed by atoms with E-state index in [0.717, 1.165) is 24.1 Å². The van der Waals surface area contributed by atoms with E-state index in [1.54, 1.807) is 4.40 Å². The number of hydrogen-bond donors (Lipinski definition) is 1. The van der Waals surface area contributed by atoms with Crippen molar-refractivity contribution in [1.29, 1.82) is 0 Å². The molecule has 1 aromatic carbocycles. The van der Waals surface area contributed by atoms with E-state index in [1.165, 1.54) is 31.0 Å². The molecule has 0 unspecified atom stereocenters. The maximum Gasteiger partial charge on any atom is 0.233 e. The SMILES string of the molecule is CN(C(=O)CSc1nnc2cc(-c3ccccc3)nc(N)n12)C1CCCCC1. The molecule has 0 spiro atoms. The van der Waals surface area contributed by atoms with Crippen LogP contribution in [-0.4, -0.2) is 49.2 Å². The first-order chi connectivity index (χ1) is 13.6. The molecule has 0 bridgehead atoms. The molecular formula is C20H24N6OS. The zero-order valence-corrected chi connectivity index (χ0v) is 16.7. The standard InChI is InChI=1S/C20H24N6OS/c1-25(15-10-6-3-7-11-15)18(27)13-28-20-24-23-17-12-16(22-19(21)26(17)20)14-8-4-2-5-9-14/h2,4-5,8-9,12,15H,3,6-7,10-11,13H2,1H3,(H2,21,22). The molecule has 2 heterocycles. The number of carbonyl (C=O) groups is 1. The Labute approximate surface area is 168 Å². The third-order valence-corrected chi connectivity index (χ3v) is 6.21. The van der Waals surface area contributed by atoms with Gasteiger partial charge in [0.05, 0.1) is 11.4 Å². The van der Waals surface area contributed by atoms with Gasteiger partial charge in [-0.3, -0.25) is 4.79 Å². The molecule has 1 aliphatic carbocycles. The van der Waals surface area contributed by atoms with Crippen molar-refractivity contribution in [3.05, 3.63) is 36.4 Å². The highest BCUT2D eigenvalue weighted by atomic mass is 32.2. The Morgan fingerprint density at radius 2 is 1.96 bits per heavy atom. The number of fused-ring (bicyclic) bond motifs is 1. The van der Waals surface area contributed by atoms with E-state index in [2.05, 4.69) is 15.2 Å². The van der Waals surface area contributed by atoms with Crippen LogP contribution in [0.25, 0.3) is 16.9 Å². The van der Waals surface area contributed by atoms with Crippen molar-refractivity contribution in [3.8, 4) is 11.3 Å². The van der Waals surface area contributed by atoms with Crippen LogP contribution in [0.5, 0.6) is 0 Å². The third kappa shape index (κ3) is 3.82. The fourth-order valence-electron chi connectivity index (χ4n) is 3.67. The minimum Gasteiger partial charge on any atom is -0.369 e. The molecule has 2 aromatic heterocycles. The Morgan fingerprint density at radius 3 is 2.71 bits per heavy atom. The van der Waals surface area contributed by atoms with Gasteiger partial charge < -0.3 is 10.6 Å². The van der Waals surface area contributed by atoms with Crippen LogP contribution in [0.1, 0.15) is 32.1 Å². The van der Waals surface area contributed by atoms with Crippen molar-refractivity contribution >= 4 is 29.3 Å². The fourth-order valence-corrected chi connectivity index (χ4v) is 4.54. The molecule has 8 heteroatoms. The number of rotatable bonds is 5. The summed E-state index contributed by atoms with van der Waals surface area (Å²) in [5.41, 5.74) is 8.54. The van der Waals surface area contributed by atoms with Gasteiger partial charge in [0.1, 0.15) is 0 Å². The second-order valence-corrected chi connectivity index (χ2v) is 8.07. The van der Waals surface area contributed by atoms with Crippen LogP contribution in [0.15, 0.2) is 41.6 Å². The van der Waals surface area contributed by atoms with Crippen LogP contribution in [0.4, 0.5) is 5.95 Å². The van der Waals surface area contributed by atoms with Gasteiger partial charge >= 0.3 is 0 Å².